The third-order valence-electron chi connectivity index (χ3n) is 9.32. The van der Waals surface area contributed by atoms with Crippen LogP contribution in [0.3, 0.4) is 0 Å². The number of phenols is 2. The lowest BCUT2D eigenvalue weighted by atomic mass is 9.89. The minimum atomic E-state index is -5.66. The van der Waals surface area contributed by atoms with Crippen LogP contribution in [0.5, 0.6) is 11.5 Å². The van der Waals surface area contributed by atoms with Crippen LogP contribution in [-0.4, -0.2) is 66.3 Å². The Labute approximate surface area is 269 Å². The number of aryl methyl sites for hydroxylation is 1. The van der Waals surface area contributed by atoms with E-state index in [0.717, 1.165) is 88.4 Å². The maximum absolute atomic E-state index is 13.1. The topological polar surface area (TPSA) is 77.8 Å². The Morgan fingerprint density at radius 3 is 2.33 bits per heavy atom. The van der Waals surface area contributed by atoms with Gasteiger partial charge in [-0.3, -0.25) is 0 Å². The third kappa shape index (κ3) is 10.2. The van der Waals surface area contributed by atoms with E-state index in [0.29, 0.717) is 12.8 Å². The van der Waals surface area contributed by atoms with Gasteiger partial charge in [-0.15, -0.1) is 0 Å². The van der Waals surface area contributed by atoms with Crippen LogP contribution >= 0.6 is 0 Å². The SMILES string of the molecule is O=S(=O)(CCCC1CCCN1CCCCCCC1=C(c2cccc(O)c2)CCCc2cc(O)ccc21)CCCC(F)(F)C(F)(F)F. The third-order valence-corrected chi connectivity index (χ3v) is 11.1. The van der Waals surface area contributed by atoms with Gasteiger partial charge in [0.2, 0.25) is 0 Å². The first-order valence-corrected chi connectivity index (χ1v) is 18.3. The number of aromatic hydroxyl groups is 2. The molecule has 1 heterocycles. The van der Waals surface area contributed by atoms with Gasteiger partial charge >= 0.3 is 12.1 Å². The van der Waals surface area contributed by atoms with Crippen LogP contribution in [0.4, 0.5) is 22.0 Å². The average Bonchev–Trinajstić information content (AvgIpc) is 3.33. The fraction of sp³-hybridized carbons (Fsp3) is 0.600. The van der Waals surface area contributed by atoms with Gasteiger partial charge in [0.1, 0.15) is 21.3 Å². The van der Waals surface area contributed by atoms with Crippen LogP contribution < -0.4 is 0 Å². The predicted molar refractivity (Wildman–Crippen MR) is 172 cm³/mol. The summed E-state index contributed by atoms with van der Waals surface area (Å²) in [6.45, 7) is 1.87. The zero-order valence-corrected chi connectivity index (χ0v) is 27.1. The Morgan fingerprint density at radius 1 is 0.826 bits per heavy atom. The molecular weight excluding hydrogens is 625 g/mol. The summed E-state index contributed by atoms with van der Waals surface area (Å²) in [6.07, 6.45) is 2.94. The molecule has 1 unspecified atom stereocenters. The molecule has 0 saturated carbocycles. The summed E-state index contributed by atoms with van der Waals surface area (Å²) in [7, 11) is -3.69. The van der Waals surface area contributed by atoms with Crippen molar-refractivity contribution >= 4 is 21.0 Å². The molecule has 2 aromatic rings. The van der Waals surface area contributed by atoms with E-state index in [-0.39, 0.29) is 23.3 Å². The Kier molecular flexibility index (Phi) is 12.6. The highest BCUT2D eigenvalue weighted by atomic mass is 32.2. The van der Waals surface area contributed by atoms with Gasteiger partial charge in [0, 0.05) is 12.5 Å². The lowest BCUT2D eigenvalue weighted by Crippen LogP contribution is -2.36. The number of likely N-dealkylation sites (tertiary alicyclic amines) is 1. The molecule has 1 aliphatic heterocycles. The van der Waals surface area contributed by atoms with Crippen LogP contribution in [0, 0.1) is 0 Å². The first-order chi connectivity index (χ1) is 21.8. The maximum atomic E-state index is 13.1. The summed E-state index contributed by atoms with van der Waals surface area (Å²) in [5.41, 5.74) is 5.89. The number of hydrogen-bond donors (Lipinski definition) is 2. The summed E-state index contributed by atoms with van der Waals surface area (Å²) < 4.78 is 87.7. The largest absolute Gasteiger partial charge is 0.508 e. The molecular formula is C35H46F5NO4S. The van der Waals surface area contributed by atoms with Gasteiger partial charge in [-0.2, -0.15) is 22.0 Å². The highest BCUT2D eigenvalue weighted by molar-refractivity contribution is 7.91. The number of allylic oxidation sites excluding steroid dienone is 2. The fourth-order valence-electron chi connectivity index (χ4n) is 6.93. The number of halogens is 5. The van der Waals surface area contributed by atoms with E-state index in [2.05, 4.69) is 4.90 Å². The van der Waals surface area contributed by atoms with E-state index in [4.69, 9.17) is 0 Å². The number of nitrogens with zero attached hydrogens (tertiary/aromatic N) is 1. The normalized spacial score (nSPS) is 18.2. The lowest BCUT2D eigenvalue weighted by Gasteiger charge is -2.24. The van der Waals surface area contributed by atoms with Crippen LogP contribution in [-0.2, 0) is 16.3 Å². The van der Waals surface area contributed by atoms with Gasteiger partial charge in [0.25, 0.3) is 0 Å². The van der Waals surface area contributed by atoms with Gasteiger partial charge in [0.05, 0.1) is 11.5 Å². The molecule has 5 nitrogen and oxygen atoms in total. The molecule has 0 radical (unpaired) electrons. The number of hydrogen-bond acceptors (Lipinski definition) is 5. The molecule has 1 atom stereocenters. The van der Waals surface area contributed by atoms with Gasteiger partial charge < -0.3 is 15.1 Å². The number of alkyl halides is 5. The minimum absolute atomic E-state index is 0.196. The highest BCUT2D eigenvalue weighted by Crippen LogP contribution is 2.41. The van der Waals surface area contributed by atoms with E-state index < -0.39 is 40.5 Å². The first-order valence-electron chi connectivity index (χ1n) is 16.5. The Balaban J connectivity index is 1.22. The Morgan fingerprint density at radius 2 is 1.57 bits per heavy atom. The van der Waals surface area contributed by atoms with Crippen LogP contribution in [0.25, 0.3) is 11.1 Å². The van der Waals surface area contributed by atoms with Crippen molar-refractivity contribution in [1.82, 2.24) is 4.90 Å². The Hall–Kier alpha value is -2.66. The number of rotatable bonds is 16. The second-order valence-electron chi connectivity index (χ2n) is 12.8. The van der Waals surface area contributed by atoms with Crippen molar-refractivity contribution in [2.75, 3.05) is 24.6 Å². The summed E-state index contributed by atoms with van der Waals surface area (Å²) in [4.78, 5) is 2.40. The molecule has 11 heteroatoms. The molecule has 46 heavy (non-hydrogen) atoms. The van der Waals surface area contributed by atoms with E-state index in [1.165, 1.54) is 16.7 Å². The minimum Gasteiger partial charge on any atom is -0.508 e. The zero-order valence-electron chi connectivity index (χ0n) is 26.3. The fourth-order valence-corrected chi connectivity index (χ4v) is 8.33. The quantitative estimate of drug-likeness (QED) is 0.138. The number of phenolic OH excluding ortho intramolecular Hbond substituents is 2. The second-order valence-corrected chi connectivity index (χ2v) is 15.1. The molecule has 1 aliphatic carbocycles. The zero-order chi connectivity index (χ0) is 33.4. The standard InChI is InChI=1S/C35H46F5NO4S/c36-34(37,35(38,39)40)19-9-23-46(44,45)22-8-13-28-12-7-21-41(28)20-4-2-1-3-15-33-31(26-10-5-14-29(42)24-26)16-6-11-27-25-30(43)17-18-32(27)33/h5,10,14,17-18,24-25,28,42-43H,1-4,6-9,11-13,15-16,19-23H2. The lowest BCUT2D eigenvalue weighted by molar-refractivity contribution is -0.284. The Bertz CT molecular complexity index is 1440. The van der Waals surface area contributed by atoms with Gasteiger partial charge in [-0.05, 0) is 136 Å². The van der Waals surface area contributed by atoms with Crippen LogP contribution in [0.15, 0.2) is 42.5 Å². The highest BCUT2D eigenvalue weighted by Gasteiger charge is 2.56. The monoisotopic (exact) mass is 671 g/mol. The van der Waals surface area contributed by atoms with Crippen molar-refractivity contribution in [2.45, 2.75) is 108 Å². The summed E-state index contributed by atoms with van der Waals surface area (Å²) in [5, 5.41) is 20.2. The van der Waals surface area contributed by atoms with Crippen molar-refractivity contribution in [2.24, 2.45) is 0 Å². The summed E-state index contributed by atoms with van der Waals surface area (Å²) in [6, 6.07) is 13.3. The molecule has 0 spiro atoms. The first kappa shape index (κ1) is 36.2. The average molecular weight is 672 g/mol. The van der Waals surface area contributed by atoms with Crippen molar-refractivity contribution in [3.8, 4) is 11.5 Å². The van der Waals surface area contributed by atoms with Gasteiger partial charge in [-0.1, -0.05) is 31.0 Å². The van der Waals surface area contributed by atoms with E-state index in [1.807, 2.05) is 30.3 Å². The maximum Gasteiger partial charge on any atom is 0.453 e. The molecule has 0 amide bonds. The number of fused-ring (bicyclic) bond motifs is 1. The van der Waals surface area contributed by atoms with E-state index >= 15 is 0 Å². The molecule has 2 aromatic carbocycles. The van der Waals surface area contributed by atoms with E-state index in [1.54, 1.807) is 12.1 Å². The van der Waals surface area contributed by atoms with Crippen molar-refractivity contribution in [1.29, 1.82) is 0 Å². The van der Waals surface area contributed by atoms with Crippen molar-refractivity contribution in [3.63, 3.8) is 0 Å². The predicted octanol–water partition coefficient (Wildman–Crippen LogP) is 8.93. The summed E-state index contributed by atoms with van der Waals surface area (Å²) >= 11 is 0. The van der Waals surface area contributed by atoms with Gasteiger partial charge in [-0.25, -0.2) is 8.42 Å². The molecule has 2 N–H and O–H groups in total. The van der Waals surface area contributed by atoms with E-state index in [9.17, 15) is 40.6 Å². The number of unbranched alkanes of at least 4 members (excludes halogenated alkanes) is 3. The van der Waals surface area contributed by atoms with Gasteiger partial charge in [0.15, 0.2) is 0 Å². The number of benzene rings is 2. The molecule has 1 fully saturated rings. The molecule has 256 valence electrons. The van der Waals surface area contributed by atoms with Crippen LogP contribution in [0.1, 0.15) is 100 Å². The molecule has 2 aliphatic rings. The van der Waals surface area contributed by atoms with Crippen molar-refractivity contribution in [3.05, 3.63) is 59.2 Å². The summed E-state index contributed by atoms with van der Waals surface area (Å²) in [5.74, 6) is -5.21. The molecule has 0 aromatic heterocycles. The molecule has 0 bridgehead atoms. The molecule has 4 rings (SSSR count). The second kappa shape index (κ2) is 16.0. The smallest absolute Gasteiger partial charge is 0.453 e. The van der Waals surface area contributed by atoms with Crippen molar-refractivity contribution < 1.29 is 40.6 Å². The number of sulfone groups is 1. The molecule has 1 saturated heterocycles. The van der Waals surface area contributed by atoms with Crippen LogP contribution in [0.2, 0.25) is 0 Å².